The van der Waals surface area contributed by atoms with E-state index in [2.05, 4.69) is 15.5 Å². The standard InChI is InChI=1S/C21H21ClN4O4S/c1-4-30-20(28)13-5-8-15(9-6-13)23-18(27)12-31-21-25-24-19(26(21)2)16-11-14(22)7-10-17(16)29-3/h5-11H,4,12H2,1-3H3,(H,23,27). The molecule has 0 unspecified atom stereocenters. The van der Waals surface area contributed by atoms with Gasteiger partial charge in [-0.15, -0.1) is 10.2 Å². The van der Waals surface area contributed by atoms with E-state index in [0.29, 0.717) is 45.2 Å². The van der Waals surface area contributed by atoms with Gasteiger partial charge in [0.25, 0.3) is 0 Å². The number of aromatic nitrogens is 3. The Morgan fingerprint density at radius 3 is 2.58 bits per heavy atom. The number of halogens is 1. The van der Waals surface area contributed by atoms with Crippen LogP contribution in [-0.4, -0.2) is 46.1 Å². The summed E-state index contributed by atoms with van der Waals surface area (Å²) in [4.78, 5) is 24.0. The molecule has 1 amide bonds. The van der Waals surface area contributed by atoms with Crippen molar-refractivity contribution in [1.29, 1.82) is 0 Å². The first-order chi connectivity index (χ1) is 14.9. The summed E-state index contributed by atoms with van der Waals surface area (Å²) in [5.41, 5.74) is 1.72. The second kappa shape index (κ2) is 10.3. The zero-order valence-electron chi connectivity index (χ0n) is 17.2. The quantitative estimate of drug-likeness (QED) is 0.400. The molecular formula is C21H21ClN4O4S. The normalized spacial score (nSPS) is 10.6. The zero-order chi connectivity index (χ0) is 22.4. The molecule has 8 nitrogen and oxygen atoms in total. The van der Waals surface area contributed by atoms with E-state index < -0.39 is 5.97 Å². The lowest BCUT2D eigenvalue weighted by Gasteiger charge is -2.09. The van der Waals surface area contributed by atoms with E-state index in [4.69, 9.17) is 21.1 Å². The molecule has 0 aliphatic carbocycles. The first-order valence-corrected chi connectivity index (χ1v) is 10.7. The van der Waals surface area contributed by atoms with Crippen LogP contribution in [0.1, 0.15) is 17.3 Å². The average molecular weight is 461 g/mol. The van der Waals surface area contributed by atoms with Crippen LogP contribution < -0.4 is 10.1 Å². The van der Waals surface area contributed by atoms with Crippen molar-refractivity contribution in [3.63, 3.8) is 0 Å². The molecule has 10 heteroatoms. The number of methoxy groups -OCH3 is 1. The van der Waals surface area contributed by atoms with Gasteiger partial charge in [-0.2, -0.15) is 0 Å². The lowest BCUT2D eigenvalue weighted by atomic mass is 10.2. The van der Waals surface area contributed by atoms with Crippen LogP contribution in [0.3, 0.4) is 0 Å². The molecule has 0 atom stereocenters. The van der Waals surface area contributed by atoms with Gasteiger partial charge in [-0.25, -0.2) is 4.79 Å². The molecule has 0 fully saturated rings. The van der Waals surface area contributed by atoms with Crippen molar-refractivity contribution in [2.45, 2.75) is 12.1 Å². The Morgan fingerprint density at radius 1 is 1.16 bits per heavy atom. The number of carbonyl (C=O) groups is 2. The molecule has 0 aliphatic rings. The molecular weight excluding hydrogens is 440 g/mol. The molecule has 0 saturated heterocycles. The van der Waals surface area contributed by atoms with E-state index in [1.165, 1.54) is 11.8 Å². The number of nitrogens with zero attached hydrogens (tertiary/aromatic N) is 3. The minimum absolute atomic E-state index is 0.137. The highest BCUT2D eigenvalue weighted by Gasteiger charge is 2.17. The molecule has 3 rings (SSSR count). The van der Waals surface area contributed by atoms with Crippen LogP contribution in [-0.2, 0) is 16.6 Å². The van der Waals surface area contributed by atoms with Crippen molar-refractivity contribution in [1.82, 2.24) is 14.8 Å². The first kappa shape index (κ1) is 22.6. The van der Waals surface area contributed by atoms with E-state index >= 15 is 0 Å². The van der Waals surface area contributed by atoms with Gasteiger partial charge in [-0.3, -0.25) is 4.79 Å². The second-order valence-electron chi connectivity index (χ2n) is 6.34. The highest BCUT2D eigenvalue weighted by atomic mass is 35.5. The summed E-state index contributed by atoms with van der Waals surface area (Å²) < 4.78 is 12.1. The van der Waals surface area contributed by atoms with Gasteiger partial charge in [-0.05, 0) is 49.4 Å². The maximum Gasteiger partial charge on any atom is 0.338 e. The zero-order valence-corrected chi connectivity index (χ0v) is 18.8. The molecule has 1 aromatic heterocycles. The minimum atomic E-state index is -0.398. The molecule has 0 spiro atoms. The summed E-state index contributed by atoms with van der Waals surface area (Å²) in [6, 6.07) is 11.8. The number of esters is 1. The molecule has 0 aliphatic heterocycles. The van der Waals surface area contributed by atoms with Crippen molar-refractivity contribution in [2.75, 3.05) is 24.8 Å². The first-order valence-electron chi connectivity index (χ1n) is 9.36. The summed E-state index contributed by atoms with van der Waals surface area (Å²) in [5.74, 6) is 0.736. The van der Waals surface area contributed by atoms with Gasteiger partial charge in [-0.1, -0.05) is 23.4 Å². The molecule has 0 saturated carbocycles. The maximum absolute atomic E-state index is 12.3. The monoisotopic (exact) mass is 460 g/mol. The molecule has 2 aromatic carbocycles. The number of anilines is 1. The van der Waals surface area contributed by atoms with Gasteiger partial charge in [0.2, 0.25) is 5.91 Å². The largest absolute Gasteiger partial charge is 0.496 e. The fourth-order valence-corrected chi connectivity index (χ4v) is 3.64. The molecule has 3 aromatic rings. The van der Waals surface area contributed by atoms with Crippen LogP contribution >= 0.6 is 23.4 Å². The summed E-state index contributed by atoms with van der Waals surface area (Å²) in [7, 11) is 3.38. The highest BCUT2D eigenvalue weighted by molar-refractivity contribution is 7.99. The fraction of sp³-hybridized carbons (Fsp3) is 0.238. The summed E-state index contributed by atoms with van der Waals surface area (Å²) >= 11 is 7.36. The number of thioether (sulfide) groups is 1. The van der Waals surface area contributed by atoms with Gasteiger partial charge in [0.15, 0.2) is 11.0 Å². The van der Waals surface area contributed by atoms with E-state index in [0.717, 1.165) is 0 Å². The Bertz CT molecular complexity index is 1090. The van der Waals surface area contributed by atoms with Crippen LogP contribution in [0.5, 0.6) is 5.75 Å². The number of benzene rings is 2. The Kier molecular flexibility index (Phi) is 7.54. The number of nitrogens with one attached hydrogen (secondary N) is 1. The predicted molar refractivity (Wildman–Crippen MR) is 120 cm³/mol. The minimum Gasteiger partial charge on any atom is -0.496 e. The van der Waals surface area contributed by atoms with Crippen molar-refractivity contribution in [3.05, 3.63) is 53.1 Å². The topological polar surface area (TPSA) is 95.3 Å². The van der Waals surface area contributed by atoms with Crippen LogP contribution in [0.2, 0.25) is 5.02 Å². The Labute approximate surface area is 188 Å². The second-order valence-corrected chi connectivity index (χ2v) is 7.72. The van der Waals surface area contributed by atoms with Gasteiger partial charge < -0.3 is 19.4 Å². The number of rotatable bonds is 8. The van der Waals surface area contributed by atoms with Crippen molar-refractivity contribution in [3.8, 4) is 17.1 Å². The molecule has 162 valence electrons. The third-order valence-corrected chi connectivity index (χ3v) is 5.50. The third-order valence-electron chi connectivity index (χ3n) is 4.25. The lowest BCUT2D eigenvalue weighted by Crippen LogP contribution is -2.14. The van der Waals surface area contributed by atoms with Gasteiger partial charge in [0.05, 0.1) is 30.6 Å². The van der Waals surface area contributed by atoms with Crippen molar-refractivity contribution < 1.29 is 19.1 Å². The van der Waals surface area contributed by atoms with Gasteiger partial charge in [0, 0.05) is 17.8 Å². The number of ether oxygens (including phenoxy) is 2. The molecule has 1 heterocycles. The Hall–Kier alpha value is -3.04. The predicted octanol–water partition coefficient (Wildman–Crippen LogP) is 4.05. The Morgan fingerprint density at radius 2 is 1.90 bits per heavy atom. The molecule has 31 heavy (non-hydrogen) atoms. The summed E-state index contributed by atoms with van der Waals surface area (Å²) in [6.45, 7) is 2.05. The van der Waals surface area contributed by atoms with Gasteiger partial charge >= 0.3 is 5.97 Å². The van der Waals surface area contributed by atoms with Crippen LogP contribution in [0.4, 0.5) is 5.69 Å². The van der Waals surface area contributed by atoms with Gasteiger partial charge in [0.1, 0.15) is 5.75 Å². The van der Waals surface area contributed by atoms with Crippen LogP contribution in [0.25, 0.3) is 11.4 Å². The smallest absolute Gasteiger partial charge is 0.338 e. The maximum atomic E-state index is 12.3. The van der Waals surface area contributed by atoms with E-state index in [-0.39, 0.29) is 11.7 Å². The van der Waals surface area contributed by atoms with Crippen LogP contribution in [0, 0.1) is 0 Å². The van der Waals surface area contributed by atoms with Crippen molar-refractivity contribution >= 4 is 40.9 Å². The Balaban J connectivity index is 1.63. The van der Waals surface area contributed by atoms with Crippen molar-refractivity contribution in [2.24, 2.45) is 7.05 Å². The molecule has 0 bridgehead atoms. The SMILES string of the molecule is CCOC(=O)c1ccc(NC(=O)CSc2nnc(-c3cc(Cl)ccc3OC)n2C)cc1. The van der Waals surface area contributed by atoms with E-state index in [9.17, 15) is 9.59 Å². The number of hydrogen-bond acceptors (Lipinski definition) is 7. The molecule has 1 N–H and O–H groups in total. The number of amides is 1. The summed E-state index contributed by atoms with van der Waals surface area (Å²) in [6.07, 6.45) is 0. The van der Waals surface area contributed by atoms with Crippen LogP contribution in [0.15, 0.2) is 47.6 Å². The third kappa shape index (κ3) is 5.56. The number of hydrogen-bond donors (Lipinski definition) is 1. The number of carbonyl (C=O) groups excluding carboxylic acids is 2. The van der Waals surface area contributed by atoms with E-state index in [1.54, 1.807) is 61.1 Å². The lowest BCUT2D eigenvalue weighted by molar-refractivity contribution is -0.113. The average Bonchev–Trinajstić information content (AvgIpc) is 3.13. The highest BCUT2D eigenvalue weighted by Crippen LogP contribution is 2.32. The van der Waals surface area contributed by atoms with E-state index in [1.807, 2.05) is 7.05 Å². The fourth-order valence-electron chi connectivity index (χ4n) is 2.76. The molecule has 0 radical (unpaired) electrons. The summed E-state index contributed by atoms with van der Waals surface area (Å²) in [5, 5.41) is 12.3.